The van der Waals surface area contributed by atoms with E-state index in [4.69, 9.17) is 9.72 Å². The van der Waals surface area contributed by atoms with Crippen LogP contribution in [0.1, 0.15) is 40.5 Å². The van der Waals surface area contributed by atoms with Crippen LogP contribution >= 0.6 is 11.3 Å². The Morgan fingerprint density at radius 3 is 2.36 bits per heavy atom. The zero-order valence-corrected chi connectivity index (χ0v) is 19.1. The molecule has 1 aliphatic heterocycles. The lowest BCUT2D eigenvalue weighted by Crippen LogP contribution is -2.18. The minimum atomic E-state index is -0.192. The van der Waals surface area contributed by atoms with Gasteiger partial charge in [0.2, 0.25) is 0 Å². The second-order valence-corrected chi connectivity index (χ2v) is 9.99. The van der Waals surface area contributed by atoms with Gasteiger partial charge in [-0.15, -0.1) is 11.3 Å². The summed E-state index contributed by atoms with van der Waals surface area (Å²) in [7, 11) is 0. The molecule has 33 heavy (non-hydrogen) atoms. The molecule has 7 rings (SSSR count). The number of hydrogen-bond acceptors (Lipinski definition) is 3. The van der Waals surface area contributed by atoms with Crippen LogP contribution in [0.3, 0.4) is 0 Å². The number of hydrogen-bond donors (Lipinski definition) is 0. The van der Waals surface area contributed by atoms with Crippen LogP contribution in [0.2, 0.25) is 0 Å². The molecule has 2 aromatic heterocycles. The van der Waals surface area contributed by atoms with Crippen molar-refractivity contribution in [1.82, 2.24) is 4.98 Å². The fourth-order valence-electron chi connectivity index (χ4n) is 5.48. The highest BCUT2D eigenvalue weighted by molar-refractivity contribution is 7.19. The number of para-hydroxylation sites is 1. The van der Waals surface area contributed by atoms with Gasteiger partial charge in [-0.25, -0.2) is 4.98 Å². The number of fused-ring (bicyclic) bond motifs is 6. The van der Waals surface area contributed by atoms with E-state index in [9.17, 15) is 0 Å². The molecule has 2 aliphatic rings. The lowest BCUT2D eigenvalue weighted by atomic mass is 9.84. The van der Waals surface area contributed by atoms with Crippen LogP contribution in [0, 0.1) is 0 Å². The molecule has 1 aliphatic carbocycles. The average molecular weight is 446 g/mol. The first kappa shape index (κ1) is 19.1. The molecule has 0 saturated carbocycles. The van der Waals surface area contributed by atoms with Crippen molar-refractivity contribution in [1.29, 1.82) is 0 Å². The van der Waals surface area contributed by atoms with E-state index >= 15 is 0 Å². The van der Waals surface area contributed by atoms with Crippen molar-refractivity contribution in [3.05, 3.63) is 106 Å². The Labute approximate surface area is 197 Å². The molecule has 0 N–H and O–H groups in total. The van der Waals surface area contributed by atoms with Crippen LogP contribution < -0.4 is 4.74 Å². The molecule has 0 radical (unpaired) electrons. The van der Waals surface area contributed by atoms with E-state index in [1.807, 2.05) is 17.4 Å². The number of pyridine rings is 1. The fourth-order valence-corrected chi connectivity index (χ4v) is 6.75. The standard InChI is InChI=1S/C30H23NOS/c1-3-11-19(12-4-1)25-26-22-16-8-10-18-24(22)33-30(26)31-28-21-15-7-9-17-23(21)32-29(27(25)28)20-13-5-2-6-14-20/h1-7,9,11-15,17,29H,8,10,16,18H2/t29-/m0/s1. The molecule has 0 bridgehead atoms. The van der Waals surface area contributed by atoms with Gasteiger partial charge in [0, 0.05) is 27.0 Å². The number of thiophene rings is 1. The van der Waals surface area contributed by atoms with E-state index in [0.29, 0.717) is 0 Å². The van der Waals surface area contributed by atoms with Gasteiger partial charge >= 0.3 is 0 Å². The van der Waals surface area contributed by atoms with Crippen molar-refractivity contribution < 1.29 is 4.74 Å². The molecule has 3 heterocycles. The molecular formula is C30H23NOS. The van der Waals surface area contributed by atoms with Gasteiger partial charge in [0.15, 0.2) is 6.10 Å². The third-order valence-electron chi connectivity index (χ3n) is 6.95. The topological polar surface area (TPSA) is 22.1 Å². The van der Waals surface area contributed by atoms with E-state index in [2.05, 4.69) is 78.9 Å². The van der Waals surface area contributed by atoms with E-state index in [0.717, 1.165) is 29.0 Å². The van der Waals surface area contributed by atoms with Crippen molar-refractivity contribution in [2.45, 2.75) is 31.8 Å². The van der Waals surface area contributed by atoms with Crippen LogP contribution in [-0.4, -0.2) is 4.98 Å². The molecule has 0 saturated heterocycles. The lowest BCUT2D eigenvalue weighted by molar-refractivity contribution is 0.243. The predicted molar refractivity (Wildman–Crippen MR) is 136 cm³/mol. The summed E-state index contributed by atoms with van der Waals surface area (Å²) in [5.41, 5.74) is 8.58. The largest absolute Gasteiger partial charge is 0.480 e. The third kappa shape index (κ3) is 2.96. The molecule has 1 atom stereocenters. The quantitative estimate of drug-likeness (QED) is 0.275. The summed E-state index contributed by atoms with van der Waals surface area (Å²) in [6.07, 6.45) is 4.65. The number of aryl methyl sites for hydroxylation is 2. The van der Waals surface area contributed by atoms with E-state index in [-0.39, 0.29) is 6.10 Å². The molecule has 3 aromatic carbocycles. The Hall–Kier alpha value is -3.43. The normalized spacial score (nSPS) is 16.5. The Kier molecular flexibility index (Phi) is 4.37. The predicted octanol–water partition coefficient (Wildman–Crippen LogP) is 7.99. The smallest absolute Gasteiger partial charge is 0.152 e. The van der Waals surface area contributed by atoms with Crippen LogP contribution in [0.25, 0.3) is 32.6 Å². The monoisotopic (exact) mass is 445 g/mol. The molecule has 3 heteroatoms. The first-order chi connectivity index (χ1) is 16.4. The molecule has 0 amide bonds. The Bertz CT molecular complexity index is 1490. The summed E-state index contributed by atoms with van der Waals surface area (Å²) in [5.74, 6) is 0.908. The first-order valence-electron chi connectivity index (χ1n) is 11.7. The number of rotatable bonds is 2. The first-order valence-corrected chi connectivity index (χ1v) is 12.5. The second kappa shape index (κ2) is 7.57. The molecule has 0 fully saturated rings. The summed E-state index contributed by atoms with van der Waals surface area (Å²) in [6.45, 7) is 0. The fraction of sp³-hybridized carbons (Fsp3) is 0.167. The van der Waals surface area contributed by atoms with Gasteiger partial charge in [0.05, 0.1) is 5.69 Å². The highest BCUT2D eigenvalue weighted by Gasteiger charge is 2.34. The van der Waals surface area contributed by atoms with Crippen LogP contribution in [0.4, 0.5) is 0 Å². The highest BCUT2D eigenvalue weighted by Crippen LogP contribution is 2.52. The van der Waals surface area contributed by atoms with Crippen molar-refractivity contribution in [3.8, 4) is 28.1 Å². The van der Waals surface area contributed by atoms with Crippen LogP contribution in [0.15, 0.2) is 84.9 Å². The maximum absolute atomic E-state index is 6.74. The van der Waals surface area contributed by atoms with Gasteiger partial charge in [0.25, 0.3) is 0 Å². The van der Waals surface area contributed by atoms with Gasteiger partial charge in [-0.2, -0.15) is 0 Å². The molecule has 0 spiro atoms. The number of aromatic nitrogens is 1. The van der Waals surface area contributed by atoms with Gasteiger partial charge in [0.1, 0.15) is 10.6 Å². The van der Waals surface area contributed by atoms with Crippen LogP contribution in [0.5, 0.6) is 5.75 Å². The zero-order chi connectivity index (χ0) is 21.8. The van der Waals surface area contributed by atoms with Gasteiger partial charge < -0.3 is 4.74 Å². The van der Waals surface area contributed by atoms with E-state index in [1.165, 1.54) is 56.6 Å². The Morgan fingerprint density at radius 2 is 1.52 bits per heavy atom. The average Bonchev–Trinajstić information content (AvgIpc) is 3.26. The summed E-state index contributed by atoms with van der Waals surface area (Å²) < 4.78 is 6.74. The summed E-state index contributed by atoms with van der Waals surface area (Å²) in [5, 5.41) is 1.35. The van der Waals surface area contributed by atoms with Gasteiger partial charge in [-0.3, -0.25) is 0 Å². The number of benzene rings is 3. The SMILES string of the molecule is c1ccc(-c2c3c(nc4sc5c(c24)CCCC5)-c2ccccc2O[C@H]3c2ccccc2)cc1. The van der Waals surface area contributed by atoms with Crippen molar-refractivity contribution >= 4 is 21.6 Å². The summed E-state index contributed by atoms with van der Waals surface area (Å²) in [6, 6.07) is 29.8. The molecule has 160 valence electrons. The van der Waals surface area contributed by atoms with Gasteiger partial charge in [-0.1, -0.05) is 72.8 Å². The van der Waals surface area contributed by atoms with Crippen molar-refractivity contribution in [3.63, 3.8) is 0 Å². The minimum Gasteiger partial charge on any atom is -0.480 e. The van der Waals surface area contributed by atoms with E-state index in [1.54, 1.807) is 0 Å². The molecule has 0 unspecified atom stereocenters. The third-order valence-corrected chi connectivity index (χ3v) is 8.14. The number of ether oxygens (including phenoxy) is 1. The molecular weight excluding hydrogens is 422 g/mol. The lowest BCUT2D eigenvalue weighted by Gasteiger charge is -2.31. The van der Waals surface area contributed by atoms with Crippen LogP contribution in [-0.2, 0) is 12.8 Å². The maximum Gasteiger partial charge on any atom is 0.152 e. The van der Waals surface area contributed by atoms with E-state index < -0.39 is 0 Å². The van der Waals surface area contributed by atoms with Crippen molar-refractivity contribution in [2.24, 2.45) is 0 Å². The Balaban J connectivity index is 1.65. The summed E-state index contributed by atoms with van der Waals surface area (Å²) >= 11 is 1.90. The zero-order valence-electron chi connectivity index (χ0n) is 18.3. The number of nitrogens with zero attached hydrogens (tertiary/aromatic N) is 1. The maximum atomic E-state index is 6.74. The minimum absolute atomic E-state index is 0.192. The summed E-state index contributed by atoms with van der Waals surface area (Å²) in [4.78, 5) is 8.05. The molecule has 5 aromatic rings. The second-order valence-electron chi connectivity index (χ2n) is 8.91. The highest BCUT2D eigenvalue weighted by atomic mass is 32.1. The Morgan fingerprint density at radius 1 is 0.788 bits per heavy atom. The van der Waals surface area contributed by atoms with Gasteiger partial charge in [-0.05, 0) is 54.5 Å². The molecule has 2 nitrogen and oxygen atoms in total. The van der Waals surface area contributed by atoms with Crippen molar-refractivity contribution in [2.75, 3.05) is 0 Å².